The number of rotatable bonds is 4. The van der Waals surface area contributed by atoms with Crippen LogP contribution in [0.2, 0.25) is 0 Å². The summed E-state index contributed by atoms with van der Waals surface area (Å²) >= 11 is 0. The largest absolute Gasteiger partial charge is 0.494 e. The number of nitrogens with zero attached hydrogens (tertiary/aromatic N) is 3. The number of likely N-dealkylation sites (tertiary alicyclic amines) is 1. The molecule has 0 bridgehead atoms. The quantitative estimate of drug-likeness (QED) is 0.540. The van der Waals surface area contributed by atoms with Crippen LogP contribution in [-0.4, -0.2) is 47.1 Å². The maximum atomic E-state index is 14.3. The first-order chi connectivity index (χ1) is 14.1. The van der Waals surface area contributed by atoms with E-state index in [1.54, 1.807) is 4.90 Å². The van der Waals surface area contributed by atoms with E-state index in [0.29, 0.717) is 10.9 Å². The number of alkyl halides is 5. The Hall–Kier alpha value is -2.49. The predicted octanol–water partition coefficient (Wildman–Crippen LogP) is 5.09. The minimum absolute atomic E-state index is 0.0920. The second-order valence-corrected chi connectivity index (χ2v) is 7.41. The first-order valence-electron chi connectivity index (χ1n) is 9.42. The molecule has 0 amide bonds. The molecular weight excluding hydrogens is 412 g/mol. The number of pyridine rings is 1. The SMILES string of the molecule is COc1cc2c(cc1F)c1ccnc(C(F)(F)F)c1n2CCN1CCC(F)(F)CC1. The molecule has 0 atom stereocenters. The summed E-state index contributed by atoms with van der Waals surface area (Å²) in [5.74, 6) is -3.49. The Kier molecular flexibility index (Phi) is 5.08. The Labute approximate surface area is 168 Å². The smallest absolute Gasteiger partial charge is 0.435 e. The van der Waals surface area contributed by atoms with E-state index in [4.69, 9.17) is 4.74 Å². The molecule has 2 aromatic heterocycles. The molecule has 0 radical (unpaired) electrons. The minimum Gasteiger partial charge on any atom is -0.494 e. The lowest BCUT2D eigenvalue weighted by Gasteiger charge is -2.31. The Bertz CT molecular complexity index is 1080. The van der Waals surface area contributed by atoms with E-state index < -0.39 is 23.6 Å². The molecule has 162 valence electrons. The molecular formula is C20H19F6N3O. The topological polar surface area (TPSA) is 30.3 Å². The fourth-order valence-corrected chi connectivity index (χ4v) is 3.99. The summed E-state index contributed by atoms with van der Waals surface area (Å²) in [7, 11) is 1.27. The average Bonchev–Trinajstić information content (AvgIpc) is 2.98. The van der Waals surface area contributed by atoms with Crippen molar-refractivity contribution in [1.82, 2.24) is 14.5 Å². The third-order valence-electron chi connectivity index (χ3n) is 5.54. The highest BCUT2D eigenvalue weighted by molar-refractivity contribution is 6.09. The van der Waals surface area contributed by atoms with E-state index in [-0.39, 0.29) is 55.7 Å². The normalized spacial score (nSPS) is 17.7. The van der Waals surface area contributed by atoms with Crippen molar-refractivity contribution in [3.8, 4) is 5.75 Å². The van der Waals surface area contributed by atoms with E-state index in [1.807, 2.05) is 0 Å². The van der Waals surface area contributed by atoms with Gasteiger partial charge in [-0.25, -0.2) is 18.2 Å². The molecule has 1 aliphatic rings. The second kappa shape index (κ2) is 7.33. The lowest BCUT2D eigenvalue weighted by molar-refractivity contribution is -0.140. The van der Waals surface area contributed by atoms with E-state index in [2.05, 4.69) is 4.98 Å². The van der Waals surface area contributed by atoms with E-state index in [1.165, 1.54) is 23.8 Å². The van der Waals surface area contributed by atoms with Gasteiger partial charge in [0.2, 0.25) is 0 Å². The van der Waals surface area contributed by atoms with Crippen LogP contribution >= 0.6 is 0 Å². The van der Waals surface area contributed by atoms with Gasteiger partial charge in [-0.1, -0.05) is 0 Å². The van der Waals surface area contributed by atoms with Gasteiger partial charge in [-0.2, -0.15) is 13.2 Å². The number of ether oxygens (including phenoxy) is 1. The van der Waals surface area contributed by atoms with Crippen LogP contribution in [0.5, 0.6) is 5.75 Å². The molecule has 10 heteroatoms. The van der Waals surface area contributed by atoms with Gasteiger partial charge in [-0.05, 0) is 12.1 Å². The van der Waals surface area contributed by atoms with Crippen LogP contribution < -0.4 is 4.74 Å². The van der Waals surface area contributed by atoms with Crippen molar-refractivity contribution in [1.29, 1.82) is 0 Å². The third kappa shape index (κ3) is 3.68. The van der Waals surface area contributed by atoms with Gasteiger partial charge in [0.05, 0.1) is 18.1 Å². The number of fused-ring (bicyclic) bond motifs is 3. The van der Waals surface area contributed by atoms with Gasteiger partial charge in [0, 0.05) is 62.1 Å². The van der Waals surface area contributed by atoms with Crippen molar-refractivity contribution in [2.45, 2.75) is 31.5 Å². The molecule has 30 heavy (non-hydrogen) atoms. The molecule has 0 unspecified atom stereocenters. The predicted molar refractivity (Wildman–Crippen MR) is 99.4 cm³/mol. The number of methoxy groups -OCH3 is 1. The zero-order chi connectivity index (χ0) is 21.7. The Balaban J connectivity index is 1.82. The van der Waals surface area contributed by atoms with Crippen molar-refractivity contribution < 1.29 is 31.1 Å². The van der Waals surface area contributed by atoms with E-state index >= 15 is 0 Å². The molecule has 4 rings (SSSR count). The summed E-state index contributed by atoms with van der Waals surface area (Å²) in [5, 5.41) is 0.528. The first kappa shape index (κ1) is 20.8. The van der Waals surface area contributed by atoms with Crippen LogP contribution in [0, 0.1) is 5.82 Å². The maximum Gasteiger partial charge on any atom is 0.435 e. The molecule has 3 aromatic rings. The first-order valence-corrected chi connectivity index (χ1v) is 9.42. The molecule has 0 saturated carbocycles. The zero-order valence-corrected chi connectivity index (χ0v) is 16.1. The molecule has 4 nitrogen and oxygen atoms in total. The molecule has 1 fully saturated rings. The molecule has 0 N–H and O–H groups in total. The van der Waals surface area contributed by atoms with Crippen LogP contribution in [0.4, 0.5) is 26.3 Å². The zero-order valence-electron chi connectivity index (χ0n) is 16.1. The van der Waals surface area contributed by atoms with Gasteiger partial charge in [0.25, 0.3) is 5.92 Å². The lowest BCUT2D eigenvalue weighted by atomic mass is 10.1. The number of halogens is 6. The fraction of sp³-hybridized carbons (Fsp3) is 0.450. The third-order valence-corrected chi connectivity index (χ3v) is 5.54. The van der Waals surface area contributed by atoms with Crippen molar-refractivity contribution in [3.05, 3.63) is 35.9 Å². The minimum atomic E-state index is -4.71. The standard InChI is InChI=1S/C20H19F6N3O/c1-30-16-11-15-13(10-14(16)21)12-2-5-27-18(20(24,25)26)17(12)29(15)9-8-28-6-3-19(22,23)4-7-28/h2,5,10-11H,3-4,6-9H2,1H3. The van der Waals surface area contributed by atoms with Crippen molar-refractivity contribution in [3.63, 3.8) is 0 Å². The second-order valence-electron chi connectivity index (χ2n) is 7.41. The fourth-order valence-electron chi connectivity index (χ4n) is 3.99. The van der Waals surface area contributed by atoms with E-state index in [9.17, 15) is 26.3 Å². The Morgan fingerprint density at radius 2 is 1.80 bits per heavy atom. The summed E-state index contributed by atoms with van der Waals surface area (Å²) in [6, 6.07) is 3.92. The maximum absolute atomic E-state index is 14.3. The number of hydrogen-bond donors (Lipinski definition) is 0. The van der Waals surface area contributed by atoms with Crippen molar-refractivity contribution in [2.24, 2.45) is 0 Å². The van der Waals surface area contributed by atoms with Crippen molar-refractivity contribution in [2.75, 3.05) is 26.7 Å². The van der Waals surface area contributed by atoms with Gasteiger partial charge in [-0.15, -0.1) is 0 Å². The van der Waals surface area contributed by atoms with Gasteiger partial charge in [-0.3, -0.25) is 0 Å². The van der Waals surface area contributed by atoms with Crippen LogP contribution in [0.1, 0.15) is 18.5 Å². The lowest BCUT2D eigenvalue weighted by Crippen LogP contribution is -2.40. The highest BCUT2D eigenvalue weighted by atomic mass is 19.4. The van der Waals surface area contributed by atoms with Crippen LogP contribution in [0.3, 0.4) is 0 Å². The van der Waals surface area contributed by atoms with Crippen LogP contribution in [-0.2, 0) is 12.7 Å². The number of benzene rings is 1. The summed E-state index contributed by atoms with van der Waals surface area (Å²) < 4.78 is 88.5. The van der Waals surface area contributed by atoms with Crippen molar-refractivity contribution >= 4 is 21.8 Å². The summed E-state index contributed by atoms with van der Waals surface area (Å²) in [5.41, 5.74) is -0.861. The van der Waals surface area contributed by atoms with Crippen LogP contribution in [0.15, 0.2) is 24.4 Å². The van der Waals surface area contributed by atoms with Gasteiger partial charge in [0.1, 0.15) is 0 Å². The molecule has 1 saturated heterocycles. The molecule has 0 spiro atoms. The molecule has 3 heterocycles. The van der Waals surface area contributed by atoms with Crippen LogP contribution in [0.25, 0.3) is 21.8 Å². The average molecular weight is 431 g/mol. The monoisotopic (exact) mass is 431 g/mol. The Morgan fingerprint density at radius 1 is 1.10 bits per heavy atom. The van der Waals surface area contributed by atoms with Gasteiger partial charge >= 0.3 is 6.18 Å². The van der Waals surface area contributed by atoms with Gasteiger partial charge < -0.3 is 14.2 Å². The summed E-state index contributed by atoms with van der Waals surface area (Å²) in [4.78, 5) is 5.32. The van der Waals surface area contributed by atoms with E-state index in [0.717, 1.165) is 12.3 Å². The highest BCUT2D eigenvalue weighted by Crippen LogP contribution is 2.39. The Morgan fingerprint density at radius 3 is 2.43 bits per heavy atom. The summed E-state index contributed by atoms with van der Waals surface area (Å²) in [6.07, 6.45) is -4.23. The number of hydrogen-bond acceptors (Lipinski definition) is 3. The molecule has 1 aromatic carbocycles. The number of piperidine rings is 1. The molecule has 1 aliphatic heterocycles. The number of aromatic nitrogens is 2. The van der Waals surface area contributed by atoms with Gasteiger partial charge in [0.15, 0.2) is 17.3 Å². The highest BCUT2D eigenvalue weighted by Gasteiger charge is 2.37. The summed E-state index contributed by atoms with van der Waals surface area (Å²) in [6.45, 7) is 0.703. The molecule has 0 aliphatic carbocycles.